The Balaban J connectivity index is 1.16. The number of Topliss-reactive ketones (excluding diaryl/α,β-unsaturated/α-hetero) is 2. The molecule has 5 nitrogen and oxygen atoms in total. The van der Waals surface area contributed by atoms with E-state index < -0.39 is 6.10 Å². The molecule has 0 spiro atoms. The maximum atomic E-state index is 12.6. The van der Waals surface area contributed by atoms with Crippen molar-refractivity contribution in [2.45, 2.75) is 122 Å². The van der Waals surface area contributed by atoms with Crippen LogP contribution in [0, 0.1) is 5.92 Å². The first kappa shape index (κ1) is 29.5. The molecule has 5 heteroatoms. The lowest BCUT2D eigenvalue weighted by Crippen LogP contribution is -2.38. The number of hydrogen-bond acceptors (Lipinski definition) is 4. The van der Waals surface area contributed by atoms with Crippen LogP contribution in [0.5, 0.6) is 0 Å². The molecule has 0 aromatic heterocycles. The van der Waals surface area contributed by atoms with E-state index in [1.807, 2.05) is 4.90 Å². The van der Waals surface area contributed by atoms with Crippen LogP contribution >= 0.6 is 0 Å². The fourth-order valence-corrected chi connectivity index (χ4v) is 5.74. The summed E-state index contributed by atoms with van der Waals surface area (Å²) in [6.07, 6.45) is 19.7. The highest BCUT2D eigenvalue weighted by atomic mass is 16.5. The Labute approximate surface area is 224 Å². The minimum absolute atomic E-state index is 0.214. The highest BCUT2D eigenvalue weighted by molar-refractivity contribution is 6.28. The molecule has 1 amide bonds. The molecule has 0 atom stereocenters. The van der Waals surface area contributed by atoms with E-state index in [-0.39, 0.29) is 11.6 Å². The number of benzene rings is 1. The van der Waals surface area contributed by atoms with Gasteiger partial charge in [0, 0.05) is 37.2 Å². The standard InChI is InChI=1S/C32H49NO4/c1-2-3-4-5-6-7-8-9-10-11-12-13-14-19-29(34)33-23-20-26(21-24-33)22-25-37-32-30(35)27-17-15-16-18-28(27)31(32)36/h15-18,26,32H,2-14,19-25H2,1H3. The quantitative estimate of drug-likeness (QED) is 0.151. The fraction of sp³-hybridized carbons (Fsp3) is 0.719. The van der Waals surface area contributed by atoms with Gasteiger partial charge in [-0.05, 0) is 31.6 Å². The number of nitrogens with zero attached hydrogens (tertiary/aromatic N) is 1. The molecule has 206 valence electrons. The Kier molecular flexibility index (Phi) is 13.4. The summed E-state index contributed by atoms with van der Waals surface area (Å²) in [5.41, 5.74) is 0.959. The number of hydrogen-bond donors (Lipinski definition) is 0. The predicted molar refractivity (Wildman–Crippen MR) is 149 cm³/mol. The van der Waals surface area contributed by atoms with Crippen LogP contribution in [0.1, 0.15) is 137 Å². The molecule has 0 radical (unpaired) electrons. The van der Waals surface area contributed by atoms with E-state index in [1.165, 1.54) is 77.0 Å². The molecule has 1 aromatic carbocycles. The molecule has 0 unspecified atom stereocenters. The summed E-state index contributed by atoms with van der Waals surface area (Å²) in [4.78, 5) is 39.5. The van der Waals surface area contributed by atoms with Crippen molar-refractivity contribution in [3.8, 4) is 0 Å². The molecule has 0 N–H and O–H groups in total. The van der Waals surface area contributed by atoms with Gasteiger partial charge in [-0.3, -0.25) is 14.4 Å². The zero-order chi connectivity index (χ0) is 26.3. The Bertz CT molecular complexity index is 808. The van der Waals surface area contributed by atoms with Crippen molar-refractivity contribution in [1.82, 2.24) is 4.90 Å². The number of ether oxygens (including phenoxy) is 1. The predicted octanol–water partition coefficient (Wildman–Crippen LogP) is 7.56. The van der Waals surface area contributed by atoms with Gasteiger partial charge in [-0.2, -0.15) is 0 Å². The molecule has 2 aliphatic rings. The summed E-state index contributed by atoms with van der Waals surface area (Å²) in [5.74, 6) is 0.357. The number of fused-ring (bicyclic) bond motifs is 1. The molecule has 0 saturated carbocycles. The van der Waals surface area contributed by atoms with Gasteiger partial charge in [0.05, 0.1) is 0 Å². The van der Waals surface area contributed by atoms with Gasteiger partial charge in [0.15, 0.2) is 17.7 Å². The number of likely N-dealkylation sites (tertiary alicyclic amines) is 1. The first-order valence-electron chi connectivity index (χ1n) is 15.2. The van der Waals surface area contributed by atoms with E-state index in [4.69, 9.17) is 4.74 Å². The van der Waals surface area contributed by atoms with Gasteiger partial charge in [0.2, 0.25) is 5.91 Å². The van der Waals surface area contributed by atoms with Gasteiger partial charge in [0.1, 0.15) is 0 Å². The van der Waals surface area contributed by atoms with Crippen molar-refractivity contribution >= 4 is 17.5 Å². The van der Waals surface area contributed by atoms with Crippen LogP contribution in [0.3, 0.4) is 0 Å². The maximum Gasteiger partial charge on any atom is 0.222 e. The monoisotopic (exact) mass is 511 g/mol. The van der Waals surface area contributed by atoms with Crippen molar-refractivity contribution in [2.75, 3.05) is 19.7 Å². The van der Waals surface area contributed by atoms with Crippen molar-refractivity contribution in [2.24, 2.45) is 5.92 Å². The van der Waals surface area contributed by atoms with Crippen LogP contribution in [-0.2, 0) is 9.53 Å². The fourth-order valence-electron chi connectivity index (χ4n) is 5.74. The third-order valence-electron chi connectivity index (χ3n) is 8.21. The number of amides is 1. The summed E-state index contributed by atoms with van der Waals surface area (Å²) in [6, 6.07) is 6.95. The molecule has 1 aliphatic heterocycles. The van der Waals surface area contributed by atoms with Crippen LogP contribution in [0.2, 0.25) is 0 Å². The summed E-state index contributed by atoms with van der Waals surface area (Å²) in [7, 11) is 0. The molecule has 0 bridgehead atoms. The molecule has 1 saturated heterocycles. The lowest BCUT2D eigenvalue weighted by molar-refractivity contribution is -0.132. The molecule has 3 rings (SSSR count). The Morgan fingerprint density at radius 1 is 0.784 bits per heavy atom. The van der Waals surface area contributed by atoms with E-state index in [1.54, 1.807) is 24.3 Å². The summed E-state index contributed by atoms with van der Waals surface area (Å²) in [5, 5.41) is 0. The average molecular weight is 512 g/mol. The number of carbonyl (C=O) groups is 3. The lowest BCUT2D eigenvalue weighted by Gasteiger charge is -2.32. The zero-order valence-electron chi connectivity index (χ0n) is 23.2. The van der Waals surface area contributed by atoms with Crippen LogP contribution in [0.15, 0.2) is 24.3 Å². The van der Waals surface area contributed by atoms with Crippen LogP contribution in [0.4, 0.5) is 0 Å². The molecule has 1 fully saturated rings. The van der Waals surface area contributed by atoms with Gasteiger partial charge < -0.3 is 9.64 Å². The summed E-state index contributed by atoms with van der Waals surface area (Å²) >= 11 is 0. The number of carbonyl (C=O) groups excluding carboxylic acids is 3. The highest BCUT2D eigenvalue weighted by Gasteiger charge is 2.39. The second kappa shape index (κ2) is 16.8. The van der Waals surface area contributed by atoms with Crippen LogP contribution < -0.4 is 0 Å². The first-order chi connectivity index (χ1) is 18.1. The number of rotatable bonds is 18. The second-order valence-corrected chi connectivity index (χ2v) is 11.1. The molecule has 1 heterocycles. The molecule has 1 aromatic rings. The second-order valence-electron chi connectivity index (χ2n) is 11.1. The smallest absolute Gasteiger partial charge is 0.222 e. The Morgan fingerprint density at radius 2 is 1.27 bits per heavy atom. The van der Waals surface area contributed by atoms with E-state index in [0.29, 0.717) is 36.0 Å². The minimum Gasteiger partial charge on any atom is -0.362 e. The Morgan fingerprint density at radius 3 is 1.78 bits per heavy atom. The summed E-state index contributed by atoms with van der Waals surface area (Å²) < 4.78 is 5.74. The number of unbranched alkanes of at least 4 members (excludes halogenated alkanes) is 12. The third kappa shape index (κ3) is 9.67. The first-order valence-corrected chi connectivity index (χ1v) is 15.2. The Hall–Kier alpha value is -2.01. The largest absolute Gasteiger partial charge is 0.362 e. The van der Waals surface area contributed by atoms with E-state index in [9.17, 15) is 14.4 Å². The van der Waals surface area contributed by atoms with Gasteiger partial charge in [0.25, 0.3) is 0 Å². The van der Waals surface area contributed by atoms with Crippen molar-refractivity contribution < 1.29 is 19.1 Å². The number of ketones is 2. The SMILES string of the molecule is CCCCCCCCCCCCCCCC(=O)N1CCC(CCOC2C(=O)c3ccccc3C2=O)CC1. The van der Waals surface area contributed by atoms with Gasteiger partial charge in [-0.15, -0.1) is 0 Å². The third-order valence-corrected chi connectivity index (χ3v) is 8.21. The molecule has 1 aliphatic carbocycles. The number of piperidine rings is 1. The molecular formula is C32H49NO4. The lowest BCUT2D eigenvalue weighted by atomic mass is 9.93. The highest BCUT2D eigenvalue weighted by Crippen LogP contribution is 2.26. The van der Waals surface area contributed by atoms with Gasteiger partial charge >= 0.3 is 0 Å². The van der Waals surface area contributed by atoms with Gasteiger partial charge in [-0.25, -0.2) is 0 Å². The average Bonchev–Trinajstić information content (AvgIpc) is 3.16. The minimum atomic E-state index is -0.973. The maximum absolute atomic E-state index is 12.6. The van der Waals surface area contributed by atoms with Crippen LogP contribution in [-0.4, -0.2) is 48.2 Å². The van der Waals surface area contributed by atoms with Gasteiger partial charge in [-0.1, -0.05) is 108 Å². The molecular weight excluding hydrogens is 462 g/mol. The molecule has 37 heavy (non-hydrogen) atoms. The van der Waals surface area contributed by atoms with Crippen LogP contribution in [0.25, 0.3) is 0 Å². The van der Waals surface area contributed by atoms with E-state index >= 15 is 0 Å². The van der Waals surface area contributed by atoms with E-state index in [2.05, 4.69) is 6.92 Å². The summed E-state index contributed by atoms with van der Waals surface area (Å²) in [6.45, 7) is 4.31. The van der Waals surface area contributed by atoms with Crippen molar-refractivity contribution in [3.05, 3.63) is 35.4 Å². The topological polar surface area (TPSA) is 63.7 Å². The van der Waals surface area contributed by atoms with E-state index in [0.717, 1.165) is 38.8 Å². The van der Waals surface area contributed by atoms with Crippen molar-refractivity contribution in [1.29, 1.82) is 0 Å². The zero-order valence-corrected chi connectivity index (χ0v) is 23.2. The normalized spacial score (nSPS) is 16.5. The van der Waals surface area contributed by atoms with Crippen molar-refractivity contribution in [3.63, 3.8) is 0 Å².